The summed E-state index contributed by atoms with van der Waals surface area (Å²) in [4.78, 5) is 26.7. The van der Waals surface area contributed by atoms with Gasteiger partial charge >= 0.3 is 5.97 Å². The summed E-state index contributed by atoms with van der Waals surface area (Å²) < 4.78 is 6.78. The van der Waals surface area contributed by atoms with Crippen molar-refractivity contribution in [1.29, 1.82) is 0 Å². The van der Waals surface area contributed by atoms with Crippen LogP contribution < -0.4 is 0 Å². The van der Waals surface area contributed by atoms with Gasteiger partial charge in [0.05, 0.1) is 17.6 Å². The van der Waals surface area contributed by atoms with E-state index in [0.29, 0.717) is 22.7 Å². The Morgan fingerprint density at radius 1 is 1.30 bits per heavy atom. The molecule has 27 heavy (non-hydrogen) atoms. The van der Waals surface area contributed by atoms with Crippen LogP contribution in [0.5, 0.6) is 0 Å². The van der Waals surface area contributed by atoms with Crippen molar-refractivity contribution in [3.05, 3.63) is 57.7 Å². The third-order valence-corrected chi connectivity index (χ3v) is 5.19. The van der Waals surface area contributed by atoms with Gasteiger partial charge in [0.25, 0.3) is 0 Å². The molecule has 0 saturated heterocycles. The van der Waals surface area contributed by atoms with Crippen LogP contribution >= 0.6 is 23.6 Å². The van der Waals surface area contributed by atoms with Gasteiger partial charge in [-0.25, -0.2) is 4.79 Å². The zero-order chi connectivity index (χ0) is 19.4. The minimum absolute atomic E-state index is 0.0950. The molecule has 0 aliphatic heterocycles. The summed E-state index contributed by atoms with van der Waals surface area (Å²) in [6.07, 6.45) is 0. The normalized spacial score (nSPS) is 10.6. The van der Waals surface area contributed by atoms with Gasteiger partial charge in [0.1, 0.15) is 6.54 Å². The lowest BCUT2D eigenvalue weighted by Crippen LogP contribution is -2.30. The van der Waals surface area contributed by atoms with Crippen LogP contribution in [0.2, 0.25) is 0 Å². The van der Waals surface area contributed by atoms with Crippen molar-refractivity contribution in [3.63, 3.8) is 0 Å². The highest BCUT2D eigenvalue weighted by Gasteiger charge is 2.16. The lowest BCUT2D eigenvalue weighted by atomic mass is 10.1. The summed E-state index contributed by atoms with van der Waals surface area (Å²) in [7, 11) is 3.07. The Bertz CT molecular complexity index is 991. The summed E-state index contributed by atoms with van der Waals surface area (Å²) in [6.45, 7) is 0.513. The number of nitrogens with zero attached hydrogens (tertiary/aromatic N) is 3. The number of likely N-dealkylation sites (N-methyl/N-ethyl adjacent to an activating group) is 1. The van der Waals surface area contributed by atoms with Crippen molar-refractivity contribution in [2.75, 3.05) is 14.2 Å². The van der Waals surface area contributed by atoms with Gasteiger partial charge in [-0.1, -0.05) is 18.2 Å². The van der Waals surface area contributed by atoms with Gasteiger partial charge in [0.15, 0.2) is 10.6 Å². The Kier molecular flexibility index (Phi) is 5.82. The molecule has 3 rings (SSSR count). The molecule has 2 aromatic heterocycles. The second-order valence-corrected chi connectivity index (χ2v) is 7.19. The number of rotatable bonds is 6. The van der Waals surface area contributed by atoms with Crippen molar-refractivity contribution in [2.24, 2.45) is 0 Å². The van der Waals surface area contributed by atoms with Crippen molar-refractivity contribution in [3.8, 4) is 10.7 Å². The first-order valence-corrected chi connectivity index (χ1v) is 9.38. The van der Waals surface area contributed by atoms with E-state index in [1.165, 1.54) is 18.4 Å². The summed E-state index contributed by atoms with van der Waals surface area (Å²) in [6, 6.07) is 10.8. The molecule has 1 aromatic carbocycles. The first kappa shape index (κ1) is 19.0. The van der Waals surface area contributed by atoms with Gasteiger partial charge in [-0.05, 0) is 41.4 Å². The molecule has 3 aromatic rings. The smallest absolute Gasteiger partial charge is 0.337 e. The van der Waals surface area contributed by atoms with Crippen LogP contribution in [0, 0.1) is 4.77 Å². The maximum atomic E-state index is 12.7. The number of nitrogens with one attached hydrogen (secondary N) is 1. The molecule has 0 bridgehead atoms. The van der Waals surface area contributed by atoms with Gasteiger partial charge < -0.3 is 9.64 Å². The van der Waals surface area contributed by atoms with E-state index in [9.17, 15) is 9.59 Å². The highest BCUT2D eigenvalue weighted by molar-refractivity contribution is 7.71. The number of hydrogen-bond acceptors (Lipinski definition) is 6. The summed E-state index contributed by atoms with van der Waals surface area (Å²) in [5, 5.41) is 8.93. The minimum Gasteiger partial charge on any atom is -0.465 e. The van der Waals surface area contributed by atoms with Gasteiger partial charge in [0, 0.05) is 13.6 Å². The standard InChI is InChI=1S/C18H18N4O3S2/c1-21(10-12-5-7-13(8-6-12)17(24)25-2)15(23)11-22-16(19-20-18(22)26)14-4-3-9-27-14/h3-9H,10-11H2,1-2H3,(H,20,26). The second kappa shape index (κ2) is 8.28. The Morgan fingerprint density at radius 3 is 2.67 bits per heavy atom. The Morgan fingerprint density at radius 2 is 2.04 bits per heavy atom. The molecule has 140 valence electrons. The number of aromatic nitrogens is 3. The first-order chi connectivity index (χ1) is 13.0. The zero-order valence-corrected chi connectivity index (χ0v) is 16.5. The van der Waals surface area contributed by atoms with Crippen LogP contribution in [-0.2, 0) is 22.6 Å². The van der Waals surface area contributed by atoms with E-state index >= 15 is 0 Å². The predicted molar refractivity (Wildman–Crippen MR) is 105 cm³/mol. The molecule has 0 aliphatic carbocycles. The number of ether oxygens (including phenoxy) is 1. The second-order valence-electron chi connectivity index (χ2n) is 5.85. The molecule has 0 saturated carbocycles. The van der Waals surface area contributed by atoms with E-state index in [4.69, 9.17) is 12.2 Å². The monoisotopic (exact) mass is 402 g/mol. The molecule has 0 spiro atoms. The van der Waals surface area contributed by atoms with Gasteiger partial charge in [-0.15, -0.1) is 11.3 Å². The van der Waals surface area contributed by atoms with Crippen LogP contribution in [-0.4, -0.2) is 45.7 Å². The molecule has 0 fully saturated rings. The van der Waals surface area contributed by atoms with Gasteiger partial charge in [-0.2, -0.15) is 5.10 Å². The van der Waals surface area contributed by atoms with Gasteiger partial charge in [0.2, 0.25) is 5.91 Å². The lowest BCUT2D eigenvalue weighted by Gasteiger charge is -2.18. The average Bonchev–Trinajstić information content (AvgIpc) is 3.32. The summed E-state index contributed by atoms with van der Waals surface area (Å²) >= 11 is 6.80. The van der Waals surface area contributed by atoms with E-state index < -0.39 is 0 Å². The zero-order valence-electron chi connectivity index (χ0n) is 14.8. The molecule has 1 N–H and O–H groups in total. The van der Waals surface area contributed by atoms with Crippen LogP contribution in [0.15, 0.2) is 41.8 Å². The number of esters is 1. The highest BCUT2D eigenvalue weighted by Crippen LogP contribution is 2.22. The molecule has 0 atom stereocenters. The third kappa shape index (κ3) is 4.32. The molecule has 0 radical (unpaired) electrons. The minimum atomic E-state index is -0.388. The quantitative estimate of drug-likeness (QED) is 0.506. The number of carbonyl (C=O) groups excluding carboxylic acids is 2. The SMILES string of the molecule is COC(=O)c1ccc(CN(C)C(=O)Cn2c(-c3cccs3)n[nH]c2=S)cc1. The summed E-state index contributed by atoms with van der Waals surface area (Å²) in [5.41, 5.74) is 1.38. The topological polar surface area (TPSA) is 80.2 Å². The fourth-order valence-corrected chi connectivity index (χ4v) is 3.46. The van der Waals surface area contributed by atoms with Gasteiger partial charge in [-0.3, -0.25) is 14.5 Å². The van der Waals surface area contributed by atoms with Crippen molar-refractivity contribution < 1.29 is 14.3 Å². The van der Waals surface area contributed by atoms with Crippen molar-refractivity contribution >= 4 is 35.4 Å². The number of thiophene rings is 1. The van der Waals surface area contributed by atoms with Crippen molar-refractivity contribution in [2.45, 2.75) is 13.1 Å². The molecule has 1 amide bonds. The molecule has 0 aliphatic rings. The predicted octanol–water partition coefficient (Wildman–Crippen LogP) is 3.11. The first-order valence-electron chi connectivity index (χ1n) is 8.10. The number of carbonyl (C=O) groups is 2. The van der Waals surface area contributed by atoms with Crippen molar-refractivity contribution in [1.82, 2.24) is 19.7 Å². The molecule has 7 nitrogen and oxygen atoms in total. The number of H-pyrrole nitrogens is 1. The number of hydrogen-bond donors (Lipinski definition) is 1. The summed E-state index contributed by atoms with van der Waals surface area (Å²) in [5.74, 6) is 0.169. The van der Waals surface area contributed by atoms with Crippen LogP contribution in [0.4, 0.5) is 0 Å². The van der Waals surface area contributed by atoms with E-state index in [2.05, 4.69) is 14.9 Å². The molecular formula is C18H18N4O3S2. The fourth-order valence-electron chi connectivity index (χ4n) is 2.54. The van der Waals surface area contributed by atoms with E-state index in [-0.39, 0.29) is 18.4 Å². The van der Waals surface area contributed by atoms with Crippen LogP contribution in [0.1, 0.15) is 15.9 Å². The molecule has 0 unspecified atom stereocenters. The fraction of sp³-hybridized carbons (Fsp3) is 0.222. The number of aromatic amines is 1. The molecular weight excluding hydrogens is 384 g/mol. The molecule has 9 heteroatoms. The Hall–Kier alpha value is -2.78. The number of methoxy groups -OCH3 is 1. The van der Waals surface area contributed by atoms with E-state index in [0.717, 1.165) is 10.4 Å². The molecule has 2 heterocycles. The third-order valence-electron chi connectivity index (χ3n) is 4.01. The van der Waals surface area contributed by atoms with Crippen LogP contribution in [0.25, 0.3) is 10.7 Å². The number of benzene rings is 1. The number of amides is 1. The van der Waals surface area contributed by atoms with E-state index in [1.54, 1.807) is 40.8 Å². The maximum absolute atomic E-state index is 12.7. The average molecular weight is 403 g/mol. The maximum Gasteiger partial charge on any atom is 0.337 e. The largest absolute Gasteiger partial charge is 0.465 e. The Balaban J connectivity index is 1.69. The Labute approximate surface area is 165 Å². The highest BCUT2D eigenvalue weighted by atomic mass is 32.1. The lowest BCUT2D eigenvalue weighted by molar-refractivity contribution is -0.131. The van der Waals surface area contributed by atoms with Crippen LogP contribution in [0.3, 0.4) is 0 Å². The van der Waals surface area contributed by atoms with E-state index in [1.807, 2.05) is 17.5 Å².